The Balaban J connectivity index is 0.00000300. The summed E-state index contributed by atoms with van der Waals surface area (Å²) in [5.74, 6) is 2.26. The number of anilines is 1. The first-order valence-electron chi connectivity index (χ1n) is 9.35. The van der Waals surface area contributed by atoms with E-state index >= 15 is 0 Å². The van der Waals surface area contributed by atoms with Crippen molar-refractivity contribution < 1.29 is 9.47 Å². The first kappa shape index (κ1) is 23.1. The van der Waals surface area contributed by atoms with Crippen molar-refractivity contribution in [3.8, 4) is 5.88 Å². The van der Waals surface area contributed by atoms with Crippen LogP contribution in [0.3, 0.4) is 0 Å². The second-order valence-electron chi connectivity index (χ2n) is 6.23. The lowest BCUT2D eigenvalue weighted by Gasteiger charge is -2.36. The van der Waals surface area contributed by atoms with Crippen LogP contribution < -0.4 is 15.0 Å². The average molecular weight is 513 g/mol. The van der Waals surface area contributed by atoms with Crippen LogP contribution in [-0.2, 0) is 11.3 Å². The molecule has 0 amide bonds. The molecule has 158 valence electrons. The molecule has 0 radical (unpaired) electrons. The number of guanidine groups is 1. The molecule has 0 bridgehead atoms. The highest BCUT2D eigenvalue weighted by Gasteiger charge is 2.21. The fourth-order valence-corrected chi connectivity index (χ4v) is 2.99. The Morgan fingerprint density at radius 2 is 1.79 bits per heavy atom. The number of ether oxygens (including phenoxy) is 2. The van der Waals surface area contributed by atoms with Gasteiger partial charge in [-0.2, -0.15) is 0 Å². The van der Waals surface area contributed by atoms with Gasteiger partial charge in [-0.1, -0.05) is 6.07 Å². The van der Waals surface area contributed by atoms with Gasteiger partial charge in [-0.3, -0.25) is 4.99 Å². The van der Waals surface area contributed by atoms with E-state index in [1.165, 1.54) is 0 Å². The van der Waals surface area contributed by atoms with E-state index in [1.807, 2.05) is 18.2 Å². The van der Waals surface area contributed by atoms with E-state index in [1.54, 1.807) is 32.7 Å². The lowest BCUT2D eigenvalue weighted by molar-refractivity contribution is 0.143. The molecule has 0 unspecified atom stereocenters. The van der Waals surface area contributed by atoms with Crippen LogP contribution in [0.25, 0.3) is 0 Å². The van der Waals surface area contributed by atoms with Gasteiger partial charge in [-0.15, -0.1) is 24.0 Å². The maximum atomic E-state index is 5.70. The number of aliphatic imine (C=N–C) groups is 1. The molecule has 1 saturated heterocycles. The minimum absolute atomic E-state index is 0. The van der Waals surface area contributed by atoms with Gasteiger partial charge >= 0.3 is 0 Å². The number of nitrogens with zero attached hydrogens (tertiary/aromatic N) is 6. The van der Waals surface area contributed by atoms with Gasteiger partial charge in [0.25, 0.3) is 0 Å². The first-order valence-corrected chi connectivity index (χ1v) is 9.35. The highest BCUT2D eigenvalue weighted by Crippen LogP contribution is 2.14. The summed E-state index contributed by atoms with van der Waals surface area (Å²) in [4.78, 5) is 21.8. The molecule has 1 aliphatic heterocycles. The molecule has 2 aromatic rings. The van der Waals surface area contributed by atoms with E-state index in [2.05, 4.69) is 35.1 Å². The van der Waals surface area contributed by atoms with Crippen LogP contribution in [-0.4, -0.2) is 79.4 Å². The third-order valence-electron chi connectivity index (χ3n) is 4.44. The van der Waals surface area contributed by atoms with Crippen molar-refractivity contribution in [1.29, 1.82) is 0 Å². The third-order valence-corrected chi connectivity index (χ3v) is 4.44. The number of nitrogens with one attached hydrogen (secondary N) is 1. The van der Waals surface area contributed by atoms with E-state index in [0.29, 0.717) is 25.6 Å². The molecule has 10 heteroatoms. The lowest BCUT2D eigenvalue weighted by atomic mass is 10.2. The highest BCUT2D eigenvalue weighted by atomic mass is 127. The fraction of sp³-hybridized carbons (Fsp3) is 0.474. The second-order valence-corrected chi connectivity index (χ2v) is 6.23. The van der Waals surface area contributed by atoms with Gasteiger partial charge in [0.05, 0.1) is 6.61 Å². The van der Waals surface area contributed by atoms with Gasteiger partial charge < -0.3 is 24.6 Å². The van der Waals surface area contributed by atoms with Crippen LogP contribution in [0.2, 0.25) is 0 Å². The topological polar surface area (TPSA) is 88.0 Å². The maximum Gasteiger partial charge on any atom is 0.225 e. The molecule has 1 aliphatic rings. The summed E-state index contributed by atoms with van der Waals surface area (Å²) in [5.41, 5.74) is 0.982. The van der Waals surface area contributed by atoms with Crippen LogP contribution in [0.5, 0.6) is 5.88 Å². The first-order chi connectivity index (χ1) is 13.8. The minimum Gasteiger partial charge on any atom is -0.475 e. The Bertz CT molecular complexity index is 755. The van der Waals surface area contributed by atoms with Gasteiger partial charge in [0, 0.05) is 71.0 Å². The number of halogens is 1. The molecule has 0 aromatic carbocycles. The summed E-state index contributed by atoms with van der Waals surface area (Å²) in [6.07, 6.45) is 5.27. The molecule has 3 rings (SSSR count). The van der Waals surface area contributed by atoms with Gasteiger partial charge in [-0.25, -0.2) is 15.0 Å². The summed E-state index contributed by atoms with van der Waals surface area (Å²) in [6.45, 7) is 4.99. The largest absolute Gasteiger partial charge is 0.475 e. The van der Waals surface area contributed by atoms with Gasteiger partial charge in [0.2, 0.25) is 11.8 Å². The van der Waals surface area contributed by atoms with Crippen molar-refractivity contribution >= 4 is 35.9 Å². The smallest absolute Gasteiger partial charge is 0.225 e. The van der Waals surface area contributed by atoms with E-state index in [0.717, 1.165) is 43.7 Å². The molecule has 2 aromatic heterocycles. The zero-order valence-electron chi connectivity index (χ0n) is 16.8. The molecule has 1 N–H and O–H groups in total. The Hall–Kier alpha value is -2.21. The summed E-state index contributed by atoms with van der Waals surface area (Å²) >= 11 is 0. The quantitative estimate of drug-likeness (QED) is 0.258. The standard InChI is InChI=1S/C19H27N7O2.HI/c1-20-18(24-15-16-5-3-6-21-17(16)28-14-13-27-2)25-9-11-26(12-10-25)19-22-7-4-8-23-19;/h3-8H,9-15H2,1-2H3,(H,20,24);1H. The Morgan fingerprint density at radius 3 is 2.48 bits per heavy atom. The lowest BCUT2D eigenvalue weighted by Crippen LogP contribution is -2.52. The zero-order valence-corrected chi connectivity index (χ0v) is 19.2. The predicted octanol–water partition coefficient (Wildman–Crippen LogP) is 1.41. The van der Waals surface area contributed by atoms with Crippen molar-refractivity contribution in [3.05, 3.63) is 42.4 Å². The third kappa shape index (κ3) is 6.67. The monoisotopic (exact) mass is 513 g/mol. The van der Waals surface area contributed by atoms with E-state index < -0.39 is 0 Å². The maximum absolute atomic E-state index is 5.70. The Kier molecular flexibility index (Phi) is 9.84. The molecule has 3 heterocycles. The van der Waals surface area contributed by atoms with Crippen LogP contribution >= 0.6 is 24.0 Å². The van der Waals surface area contributed by atoms with Crippen molar-refractivity contribution in [1.82, 2.24) is 25.2 Å². The molecule has 0 aliphatic carbocycles. The minimum atomic E-state index is 0. The van der Waals surface area contributed by atoms with Gasteiger partial charge in [0.1, 0.15) is 6.61 Å². The average Bonchev–Trinajstić information content (AvgIpc) is 2.76. The molecule has 1 fully saturated rings. The molecule has 9 nitrogen and oxygen atoms in total. The summed E-state index contributed by atoms with van der Waals surface area (Å²) in [6, 6.07) is 5.74. The van der Waals surface area contributed by atoms with Gasteiger partial charge in [-0.05, 0) is 12.1 Å². The van der Waals surface area contributed by atoms with Crippen molar-refractivity contribution in [2.24, 2.45) is 4.99 Å². The second kappa shape index (κ2) is 12.4. The van der Waals surface area contributed by atoms with Crippen LogP contribution in [0.4, 0.5) is 5.95 Å². The Morgan fingerprint density at radius 1 is 1.07 bits per heavy atom. The molecular weight excluding hydrogens is 485 g/mol. The van der Waals surface area contributed by atoms with Crippen molar-refractivity contribution in [3.63, 3.8) is 0 Å². The Labute approximate surface area is 188 Å². The van der Waals surface area contributed by atoms with Crippen LogP contribution in [0.1, 0.15) is 5.56 Å². The number of aromatic nitrogens is 3. The summed E-state index contributed by atoms with van der Waals surface area (Å²) in [7, 11) is 3.45. The molecule has 0 atom stereocenters. The zero-order chi connectivity index (χ0) is 19.6. The number of piperazine rings is 1. The van der Waals surface area contributed by atoms with Crippen molar-refractivity contribution in [2.45, 2.75) is 6.54 Å². The van der Waals surface area contributed by atoms with E-state index in [4.69, 9.17) is 9.47 Å². The van der Waals surface area contributed by atoms with Crippen LogP contribution in [0.15, 0.2) is 41.8 Å². The van der Waals surface area contributed by atoms with E-state index in [9.17, 15) is 0 Å². The van der Waals surface area contributed by atoms with Crippen molar-refractivity contribution in [2.75, 3.05) is 58.5 Å². The highest BCUT2D eigenvalue weighted by molar-refractivity contribution is 14.0. The normalized spacial score (nSPS) is 14.3. The van der Waals surface area contributed by atoms with Gasteiger partial charge in [0.15, 0.2) is 5.96 Å². The molecule has 29 heavy (non-hydrogen) atoms. The number of methoxy groups -OCH3 is 1. The molecular formula is C19H28IN7O2. The summed E-state index contributed by atoms with van der Waals surface area (Å²) < 4.78 is 10.7. The number of pyridine rings is 1. The fourth-order valence-electron chi connectivity index (χ4n) is 2.99. The van der Waals surface area contributed by atoms with Crippen LogP contribution in [0, 0.1) is 0 Å². The molecule has 0 spiro atoms. The van der Waals surface area contributed by atoms with E-state index in [-0.39, 0.29) is 24.0 Å². The predicted molar refractivity (Wildman–Crippen MR) is 123 cm³/mol. The number of hydrogen-bond donors (Lipinski definition) is 1. The molecule has 0 saturated carbocycles. The number of rotatable bonds is 7. The number of hydrogen-bond acceptors (Lipinski definition) is 7. The SMILES string of the molecule is CN=C(NCc1cccnc1OCCOC)N1CCN(c2ncccn2)CC1.I. The summed E-state index contributed by atoms with van der Waals surface area (Å²) in [5, 5.41) is 3.42.